The quantitative estimate of drug-likeness (QED) is 0.814. The Morgan fingerprint density at radius 1 is 1.30 bits per heavy atom. The van der Waals surface area contributed by atoms with Crippen molar-refractivity contribution in [3.05, 3.63) is 52.0 Å². The molecule has 1 saturated heterocycles. The van der Waals surface area contributed by atoms with E-state index in [1.54, 1.807) is 11.3 Å². The van der Waals surface area contributed by atoms with Gasteiger partial charge in [0.25, 0.3) is 5.91 Å². The minimum atomic E-state index is 0.140. The van der Waals surface area contributed by atoms with Crippen molar-refractivity contribution in [2.45, 2.75) is 45.6 Å². The number of rotatable bonds is 4. The van der Waals surface area contributed by atoms with Gasteiger partial charge in [-0.25, -0.2) is 4.98 Å². The zero-order valence-electron chi connectivity index (χ0n) is 13.9. The summed E-state index contributed by atoms with van der Waals surface area (Å²) in [4.78, 5) is 19.4. The molecule has 0 spiro atoms. The first-order chi connectivity index (χ1) is 11.1. The fourth-order valence-corrected chi connectivity index (χ4v) is 4.04. The molecule has 1 unspecified atom stereocenters. The van der Waals surface area contributed by atoms with Crippen LogP contribution in [0.5, 0.6) is 0 Å². The van der Waals surface area contributed by atoms with Crippen LogP contribution in [0.3, 0.4) is 0 Å². The van der Waals surface area contributed by atoms with Crippen LogP contribution in [-0.2, 0) is 6.42 Å². The van der Waals surface area contributed by atoms with Crippen molar-refractivity contribution in [1.82, 2.24) is 9.88 Å². The maximum atomic E-state index is 12.9. The molecule has 1 amide bonds. The third kappa shape index (κ3) is 3.81. The van der Waals surface area contributed by atoms with Crippen LogP contribution in [0.4, 0.5) is 0 Å². The van der Waals surface area contributed by atoms with Gasteiger partial charge in [0.1, 0.15) is 5.01 Å². The van der Waals surface area contributed by atoms with E-state index in [-0.39, 0.29) is 11.9 Å². The Bertz CT molecular complexity index is 634. The number of hydrogen-bond acceptors (Lipinski definition) is 3. The maximum absolute atomic E-state index is 12.9. The van der Waals surface area contributed by atoms with E-state index in [4.69, 9.17) is 0 Å². The summed E-state index contributed by atoms with van der Waals surface area (Å²) >= 11 is 1.65. The minimum Gasteiger partial charge on any atom is -0.329 e. The fraction of sp³-hybridized carbons (Fsp3) is 0.474. The summed E-state index contributed by atoms with van der Waals surface area (Å²) in [5, 5.41) is 3.06. The predicted molar refractivity (Wildman–Crippen MR) is 94.7 cm³/mol. The van der Waals surface area contributed by atoms with Gasteiger partial charge in [-0.2, -0.15) is 0 Å². The molecule has 1 aromatic carbocycles. The van der Waals surface area contributed by atoms with Crippen molar-refractivity contribution >= 4 is 17.2 Å². The van der Waals surface area contributed by atoms with E-state index in [1.165, 1.54) is 12.0 Å². The van der Waals surface area contributed by atoms with E-state index in [2.05, 4.69) is 31.0 Å². The molecule has 23 heavy (non-hydrogen) atoms. The second kappa shape index (κ2) is 7.26. The van der Waals surface area contributed by atoms with Crippen LogP contribution < -0.4 is 0 Å². The summed E-state index contributed by atoms with van der Waals surface area (Å²) in [5.41, 5.74) is 2.09. The average Bonchev–Trinajstić information content (AvgIpc) is 3.09. The van der Waals surface area contributed by atoms with E-state index in [0.29, 0.717) is 5.92 Å². The van der Waals surface area contributed by atoms with Gasteiger partial charge in [-0.1, -0.05) is 26.0 Å². The zero-order chi connectivity index (χ0) is 16.2. The zero-order valence-corrected chi connectivity index (χ0v) is 14.7. The van der Waals surface area contributed by atoms with Gasteiger partial charge >= 0.3 is 0 Å². The minimum absolute atomic E-state index is 0.140. The van der Waals surface area contributed by atoms with E-state index in [1.807, 2.05) is 28.6 Å². The average molecular weight is 328 g/mol. The standard InChI is InChI=1S/C19H24N2OS/c1-14(2)13-15-6-8-16(9-7-15)19(22)21-11-4-3-5-17(21)18-20-10-12-23-18/h6-10,12,14,17H,3-5,11,13H2,1-2H3. The van der Waals surface area contributed by atoms with E-state index >= 15 is 0 Å². The first-order valence-electron chi connectivity index (χ1n) is 8.44. The molecule has 4 heteroatoms. The molecule has 2 aromatic rings. The highest BCUT2D eigenvalue weighted by molar-refractivity contribution is 7.09. The van der Waals surface area contributed by atoms with Gasteiger partial charge in [-0.15, -0.1) is 11.3 Å². The molecule has 1 aliphatic rings. The Balaban J connectivity index is 1.77. The van der Waals surface area contributed by atoms with Crippen molar-refractivity contribution in [2.75, 3.05) is 6.54 Å². The summed E-state index contributed by atoms with van der Waals surface area (Å²) in [7, 11) is 0. The highest BCUT2D eigenvalue weighted by atomic mass is 32.1. The summed E-state index contributed by atoms with van der Waals surface area (Å²) in [6, 6.07) is 8.29. The Kier molecular flexibility index (Phi) is 5.11. The molecule has 122 valence electrons. The van der Waals surface area contributed by atoms with Crippen molar-refractivity contribution in [1.29, 1.82) is 0 Å². The van der Waals surface area contributed by atoms with Crippen LogP contribution in [0.15, 0.2) is 35.8 Å². The summed E-state index contributed by atoms with van der Waals surface area (Å²) in [5.74, 6) is 0.772. The SMILES string of the molecule is CC(C)Cc1ccc(C(=O)N2CCCCC2c2nccs2)cc1. The van der Waals surface area contributed by atoms with Gasteiger partial charge in [0.2, 0.25) is 0 Å². The number of aromatic nitrogens is 1. The molecule has 1 fully saturated rings. The van der Waals surface area contributed by atoms with Gasteiger partial charge in [-0.05, 0) is 49.3 Å². The molecule has 0 saturated carbocycles. The van der Waals surface area contributed by atoms with Gasteiger partial charge in [-0.3, -0.25) is 4.79 Å². The van der Waals surface area contributed by atoms with Crippen LogP contribution >= 0.6 is 11.3 Å². The predicted octanol–water partition coefficient (Wildman–Crippen LogP) is 4.71. The molecule has 3 rings (SSSR count). The molecule has 0 bridgehead atoms. The number of hydrogen-bond donors (Lipinski definition) is 0. The number of thiazole rings is 1. The molecular weight excluding hydrogens is 304 g/mol. The number of likely N-dealkylation sites (tertiary alicyclic amines) is 1. The molecule has 3 nitrogen and oxygen atoms in total. The first kappa shape index (κ1) is 16.2. The van der Waals surface area contributed by atoms with Crippen LogP contribution in [0.25, 0.3) is 0 Å². The number of carbonyl (C=O) groups is 1. The largest absolute Gasteiger partial charge is 0.329 e. The molecule has 1 aliphatic heterocycles. The second-order valence-corrected chi connectivity index (χ2v) is 7.60. The second-order valence-electron chi connectivity index (χ2n) is 6.68. The number of amides is 1. The molecule has 2 heterocycles. The number of piperidine rings is 1. The van der Waals surface area contributed by atoms with Crippen LogP contribution in [-0.4, -0.2) is 22.3 Å². The molecule has 0 radical (unpaired) electrons. The van der Waals surface area contributed by atoms with Gasteiger partial charge in [0.15, 0.2) is 0 Å². The third-order valence-corrected chi connectivity index (χ3v) is 5.22. The van der Waals surface area contributed by atoms with Gasteiger partial charge in [0, 0.05) is 23.7 Å². The van der Waals surface area contributed by atoms with Crippen LogP contribution in [0.2, 0.25) is 0 Å². The van der Waals surface area contributed by atoms with E-state index in [9.17, 15) is 4.79 Å². The highest BCUT2D eigenvalue weighted by Gasteiger charge is 2.30. The summed E-state index contributed by atoms with van der Waals surface area (Å²) in [6.07, 6.45) is 6.16. The monoisotopic (exact) mass is 328 g/mol. The van der Waals surface area contributed by atoms with Gasteiger partial charge in [0.05, 0.1) is 6.04 Å². The smallest absolute Gasteiger partial charge is 0.254 e. The Hall–Kier alpha value is -1.68. The van der Waals surface area contributed by atoms with Crippen molar-refractivity contribution in [3.63, 3.8) is 0 Å². The van der Waals surface area contributed by atoms with Crippen molar-refractivity contribution < 1.29 is 4.79 Å². The van der Waals surface area contributed by atoms with E-state index in [0.717, 1.165) is 36.4 Å². The van der Waals surface area contributed by atoms with Crippen molar-refractivity contribution in [2.24, 2.45) is 5.92 Å². The van der Waals surface area contributed by atoms with E-state index < -0.39 is 0 Å². The summed E-state index contributed by atoms with van der Waals surface area (Å²) < 4.78 is 0. The number of carbonyl (C=O) groups excluding carboxylic acids is 1. The number of nitrogens with zero attached hydrogens (tertiary/aromatic N) is 2. The lowest BCUT2D eigenvalue weighted by Gasteiger charge is -2.34. The fourth-order valence-electron chi connectivity index (χ4n) is 3.25. The molecular formula is C19H24N2OS. The topological polar surface area (TPSA) is 33.2 Å². The lowest BCUT2D eigenvalue weighted by Crippen LogP contribution is -2.38. The Morgan fingerprint density at radius 3 is 2.74 bits per heavy atom. The lowest BCUT2D eigenvalue weighted by molar-refractivity contribution is 0.0611. The lowest BCUT2D eigenvalue weighted by atomic mass is 9.99. The third-order valence-electron chi connectivity index (χ3n) is 4.34. The van der Waals surface area contributed by atoms with Crippen LogP contribution in [0.1, 0.15) is 60.1 Å². The Labute approximate surface area is 142 Å². The highest BCUT2D eigenvalue weighted by Crippen LogP contribution is 2.33. The molecule has 0 N–H and O–H groups in total. The molecule has 1 atom stereocenters. The molecule has 1 aromatic heterocycles. The molecule has 0 aliphatic carbocycles. The normalized spacial score (nSPS) is 18.4. The van der Waals surface area contributed by atoms with Gasteiger partial charge < -0.3 is 4.90 Å². The van der Waals surface area contributed by atoms with Crippen LogP contribution in [0, 0.1) is 5.92 Å². The van der Waals surface area contributed by atoms with Crippen molar-refractivity contribution in [3.8, 4) is 0 Å². The Morgan fingerprint density at radius 2 is 2.09 bits per heavy atom. The first-order valence-corrected chi connectivity index (χ1v) is 9.32. The number of benzene rings is 1. The maximum Gasteiger partial charge on any atom is 0.254 e. The summed E-state index contributed by atoms with van der Waals surface area (Å²) in [6.45, 7) is 5.26.